The second-order valence-corrected chi connectivity index (χ2v) is 7.52. The molecule has 1 heterocycles. The van der Waals surface area contributed by atoms with Gasteiger partial charge >= 0.3 is 0 Å². The number of piperidine rings is 1. The third-order valence-corrected chi connectivity index (χ3v) is 5.87. The summed E-state index contributed by atoms with van der Waals surface area (Å²) in [5.41, 5.74) is 1.25. The summed E-state index contributed by atoms with van der Waals surface area (Å²) >= 11 is 2.18. The molecule has 1 aromatic carbocycles. The average molecular weight is 401 g/mol. The van der Waals surface area contributed by atoms with Gasteiger partial charge in [-0.25, -0.2) is 0 Å². The van der Waals surface area contributed by atoms with Crippen LogP contribution in [-0.4, -0.2) is 29.7 Å². The van der Waals surface area contributed by atoms with Crippen LogP contribution in [0.1, 0.15) is 44.1 Å². The van der Waals surface area contributed by atoms with Gasteiger partial charge in [0, 0.05) is 12.6 Å². The number of fused-ring (bicyclic) bond motifs is 1. The van der Waals surface area contributed by atoms with Crippen LogP contribution in [0.5, 0.6) is 11.5 Å². The van der Waals surface area contributed by atoms with E-state index < -0.39 is 0 Å². The molecule has 2 atom stereocenters. The van der Waals surface area contributed by atoms with Crippen molar-refractivity contribution in [1.29, 1.82) is 0 Å². The number of likely N-dealkylation sites (tertiary alicyclic amines) is 1. The maximum atomic E-state index is 9.97. The second kappa shape index (κ2) is 6.73. The van der Waals surface area contributed by atoms with E-state index in [9.17, 15) is 5.11 Å². The molecule has 0 unspecified atom stereocenters. The van der Waals surface area contributed by atoms with Crippen molar-refractivity contribution < 1.29 is 9.84 Å². The van der Waals surface area contributed by atoms with Crippen LogP contribution in [-0.2, 0) is 6.54 Å². The van der Waals surface area contributed by atoms with Gasteiger partial charge in [0.05, 0.1) is 10.7 Å². The van der Waals surface area contributed by atoms with E-state index in [0.29, 0.717) is 5.75 Å². The van der Waals surface area contributed by atoms with Gasteiger partial charge in [-0.05, 0) is 78.4 Å². The van der Waals surface area contributed by atoms with Crippen LogP contribution in [0.4, 0.5) is 0 Å². The van der Waals surface area contributed by atoms with Gasteiger partial charge < -0.3 is 9.84 Å². The fourth-order valence-corrected chi connectivity index (χ4v) is 4.70. The van der Waals surface area contributed by atoms with Crippen LogP contribution in [0.15, 0.2) is 12.1 Å². The molecule has 0 aromatic heterocycles. The van der Waals surface area contributed by atoms with E-state index in [0.717, 1.165) is 22.1 Å². The van der Waals surface area contributed by atoms with E-state index in [-0.39, 0.29) is 5.75 Å². The van der Waals surface area contributed by atoms with Crippen LogP contribution in [0.3, 0.4) is 0 Å². The lowest BCUT2D eigenvalue weighted by molar-refractivity contribution is 0.0546. The maximum absolute atomic E-state index is 9.97. The molecule has 2 aliphatic rings. The fourth-order valence-electron chi connectivity index (χ4n) is 4.03. The number of ether oxygens (including phenoxy) is 1. The molecule has 21 heavy (non-hydrogen) atoms. The molecule has 4 heteroatoms. The van der Waals surface area contributed by atoms with E-state index in [1.807, 2.05) is 6.07 Å². The van der Waals surface area contributed by atoms with E-state index in [4.69, 9.17) is 4.74 Å². The number of methoxy groups -OCH3 is 1. The summed E-state index contributed by atoms with van der Waals surface area (Å²) in [7, 11) is 1.62. The number of benzene rings is 1. The van der Waals surface area contributed by atoms with Crippen molar-refractivity contribution in [2.45, 2.75) is 51.1 Å². The zero-order valence-corrected chi connectivity index (χ0v) is 14.8. The topological polar surface area (TPSA) is 32.7 Å². The molecule has 116 valence electrons. The summed E-state index contributed by atoms with van der Waals surface area (Å²) in [4.78, 5) is 2.66. The summed E-state index contributed by atoms with van der Waals surface area (Å²) < 4.78 is 6.16. The first-order valence-corrected chi connectivity index (χ1v) is 9.06. The van der Waals surface area contributed by atoms with Gasteiger partial charge in [0.25, 0.3) is 0 Å². The summed E-state index contributed by atoms with van der Waals surface area (Å²) in [6.07, 6.45) is 8.31. The molecule has 1 aliphatic heterocycles. The van der Waals surface area contributed by atoms with Gasteiger partial charge in [0.1, 0.15) is 0 Å². The fraction of sp³-hybridized carbons (Fsp3) is 0.647. The summed E-state index contributed by atoms with van der Waals surface area (Å²) in [5, 5.41) is 9.97. The first-order valence-electron chi connectivity index (χ1n) is 7.98. The number of nitrogens with zero attached hydrogens (tertiary/aromatic N) is 1. The monoisotopic (exact) mass is 401 g/mol. The van der Waals surface area contributed by atoms with Crippen molar-refractivity contribution in [3.8, 4) is 11.5 Å². The maximum Gasteiger partial charge on any atom is 0.171 e. The predicted octanol–water partition coefficient (Wildman–Crippen LogP) is 4.16. The van der Waals surface area contributed by atoms with Crippen LogP contribution < -0.4 is 4.74 Å². The number of aromatic hydroxyl groups is 1. The molecule has 0 spiro atoms. The van der Waals surface area contributed by atoms with Crippen molar-refractivity contribution in [3.63, 3.8) is 0 Å². The Bertz CT molecular complexity index is 504. The van der Waals surface area contributed by atoms with Crippen LogP contribution in [0.25, 0.3) is 0 Å². The molecule has 3 rings (SSSR count). The molecular formula is C17H24INO2. The molecule has 1 N–H and O–H groups in total. The van der Waals surface area contributed by atoms with Gasteiger partial charge in [-0.1, -0.05) is 12.8 Å². The molecule has 2 fully saturated rings. The first kappa shape index (κ1) is 15.4. The van der Waals surface area contributed by atoms with Gasteiger partial charge in [-0.3, -0.25) is 4.90 Å². The molecule has 1 saturated heterocycles. The quantitative estimate of drug-likeness (QED) is 0.773. The minimum Gasteiger partial charge on any atom is -0.504 e. The Morgan fingerprint density at radius 2 is 2.00 bits per heavy atom. The average Bonchev–Trinajstić information content (AvgIpc) is 2.51. The summed E-state index contributed by atoms with van der Waals surface area (Å²) in [5.74, 6) is 1.76. The van der Waals surface area contributed by atoms with Crippen molar-refractivity contribution in [2.75, 3.05) is 13.7 Å². The number of phenols is 1. The largest absolute Gasteiger partial charge is 0.504 e. The normalized spacial score (nSPS) is 26.4. The number of hydrogen-bond acceptors (Lipinski definition) is 3. The minimum absolute atomic E-state index is 0.260. The molecule has 0 amide bonds. The molecule has 0 radical (unpaired) electrons. The Hall–Kier alpha value is -0.490. The van der Waals surface area contributed by atoms with Crippen molar-refractivity contribution in [3.05, 3.63) is 21.3 Å². The number of phenolic OH excluding ortho intramolecular Hbond substituents is 1. The highest BCUT2D eigenvalue weighted by atomic mass is 127. The van der Waals surface area contributed by atoms with E-state index in [1.165, 1.54) is 50.6 Å². The predicted molar refractivity (Wildman–Crippen MR) is 92.8 cm³/mol. The Kier molecular flexibility index (Phi) is 4.94. The molecule has 0 bridgehead atoms. The molecule has 1 aromatic rings. The minimum atomic E-state index is 0.260. The van der Waals surface area contributed by atoms with Crippen molar-refractivity contribution in [1.82, 2.24) is 4.90 Å². The van der Waals surface area contributed by atoms with Gasteiger partial charge in [-0.15, -0.1) is 0 Å². The Morgan fingerprint density at radius 1 is 1.24 bits per heavy atom. The van der Waals surface area contributed by atoms with E-state index in [2.05, 4.69) is 33.6 Å². The Labute approximate surface area is 140 Å². The van der Waals surface area contributed by atoms with Crippen LogP contribution >= 0.6 is 22.6 Å². The molecule has 1 aliphatic carbocycles. The highest BCUT2D eigenvalue weighted by Crippen LogP contribution is 2.37. The zero-order valence-electron chi connectivity index (χ0n) is 12.6. The van der Waals surface area contributed by atoms with Crippen LogP contribution in [0, 0.1) is 9.49 Å². The third-order valence-electron chi connectivity index (χ3n) is 5.05. The molecule has 1 saturated carbocycles. The summed E-state index contributed by atoms with van der Waals surface area (Å²) in [6.45, 7) is 2.19. The van der Waals surface area contributed by atoms with Crippen molar-refractivity contribution in [2.24, 2.45) is 5.92 Å². The molecule has 3 nitrogen and oxygen atoms in total. The second-order valence-electron chi connectivity index (χ2n) is 6.35. The SMILES string of the molecule is COc1cc(CN2CCC[C@@H]3CCCC[C@@H]32)cc(I)c1O. The van der Waals surface area contributed by atoms with Crippen molar-refractivity contribution >= 4 is 22.6 Å². The lowest BCUT2D eigenvalue weighted by Crippen LogP contribution is -2.46. The van der Waals surface area contributed by atoms with Gasteiger partial charge in [-0.2, -0.15) is 0 Å². The van der Waals surface area contributed by atoms with Gasteiger partial charge in [0.2, 0.25) is 0 Å². The van der Waals surface area contributed by atoms with Crippen LogP contribution in [0.2, 0.25) is 0 Å². The zero-order chi connectivity index (χ0) is 14.8. The number of halogens is 1. The number of rotatable bonds is 3. The Balaban J connectivity index is 1.77. The number of hydrogen-bond donors (Lipinski definition) is 1. The highest BCUT2D eigenvalue weighted by molar-refractivity contribution is 14.1. The first-order chi connectivity index (χ1) is 10.2. The smallest absolute Gasteiger partial charge is 0.171 e. The standard InChI is InChI=1S/C17H24INO2/c1-21-16-10-12(9-14(18)17(16)20)11-19-8-4-6-13-5-2-3-7-15(13)19/h9-10,13,15,20H,2-8,11H2,1H3/t13-,15-/m0/s1. The van der Waals surface area contributed by atoms with Gasteiger partial charge in [0.15, 0.2) is 11.5 Å². The lowest BCUT2D eigenvalue weighted by atomic mass is 9.78. The molecular weight excluding hydrogens is 377 g/mol. The highest BCUT2D eigenvalue weighted by Gasteiger charge is 2.33. The summed E-state index contributed by atoms with van der Waals surface area (Å²) in [6, 6.07) is 4.85. The Morgan fingerprint density at radius 3 is 2.81 bits per heavy atom. The van der Waals surface area contributed by atoms with E-state index >= 15 is 0 Å². The lowest BCUT2D eigenvalue weighted by Gasteiger charge is -2.44. The third kappa shape index (κ3) is 3.31. The van der Waals surface area contributed by atoms with E-state index in [1.54, 1.807) is 7.11 Å².